The third kappa shape index (κ3) is 7.34. The molecular formula is C14H28P. The molecule has 0 spiro atoms. The zero-order valence-corrected chi connectivity index (χ0v) is 11.4. The SMILES string of the molecule is CCCCCCCCCC[P]C1CCC1. The van der Waals surface area contributed by atoms with Gasteiger partial charge in [0, 0.05) is 0 Å². The molecule has 1 radical (unpaired) electrons. The summed E-state index contributed by atoms with van der Waals surface area (Å²) in [7, 11) is 1.77. The fourth-order valence-corrected chi connectivity index (χ4v) is 3.59. The highest BCUT2D eigenvalue weighted by Crippen LogP contribution is 2.36. The molecule has 0 heterocycles. The molecule has 0 aliphatic heterocycles. The van der Waals surface area contributed by atoms with Gasteiger partial charge < -0.3 is 0 Å². The number of unbranched alkanes of at least 4 members (excludes halogenated alkanes) is 7. The number of hydrogen-bond acceptors (Lipinski definition) is 0. The van der Waals surface area contributed by atoms with Crippen molar-refractivity contribution in [3.63, 3.8) is 0 Å². The average molecular weight is 227 g/mol. The van der Waals surface area contributed by atoms with Crippen LogP contribution in [0.3, 0.4) is 0 Å². The molecule has 1 fully saturated rings. The minimum absolute atomic E-state index is 1.11. The van der Waals surface area contributed by atoms with Crippen LogP contribution < -0.4 is 0 Å². The van der Waals surface area contributed by atoms with Crippen LogP contribution in [0.1, 0.15) is 77.6 Å². The van der Waals surface area contributed by atoms with Crippen molar-refractivity contribution in [3.05, 3.63) is 0 Å². The summed E-state index contributed by atoms with van der Waals surface area (Å²) in [6.45, 7) is 2.29. The zero-order chi connectivity index (χ0) is 10.8. The van der Waals surface area contributed by atoms with Crippen LogP contribution in [-0.4, -0.2) is 11.8 Å². The Kier molecular flexibility index (Phi) is 8.67. The molecule has 1 saturated carbocycles. The zero-order valence-electron chi connectivity index (χ0n) is 10.5. The Bertz CT molecular complexity index is 129. The van der Waals surface area contributed by atoms with E-state index in [0.29, 0.717) is 0 Å². The van der Waals surface area contributed by atoms with Crippen molar-refractivity contribution >= 4 is 8.58 Å². The van der Waals surface area contributed by atoms with E-state index >= 15 is 0 Å². The van der Waals surface area contributed by atoms with E-state index in [-0.39, 0.29) is 0 Å². The lowest BCUT2D eigenvalue weighted by molar-refractivity contribution is 0.517. The maximum absolute atomic E-state index is 2.29. The first-order chi connectivity index (χ1) is 7.43. The molecule has 0 aromatic rings. The summed E-state index contributed by atoms with van der Waals surface area (Å²) >= 11 is 0. The highest BCUT2D eigenvalue weighted by Gasteiger charge is 2.16. The van der Waals surface area contributed by atoms with Crippen LogP contribution in [0.2, 0.25) is 0 Å². The minimum atomic E-state index is 1.11. The van der Waals surface area contributed by atoms with E-state index in [1.165, 1.54) is 76.8 Å². The summed E-state index contributed by atoms with van der Waals surface area (Å²) in [6.07, 6.45) is 17.8. The standard InChI is InChI=1S/C14H28P/c1-2-3-4-5-6-7-8-9-13-15-14-11-10-12-14/h14H,2-13H2,1H3. The lowest BCUT2D eigenvalue weighted by atomic mass is 10.00. The fraction of sp³-hybridized carbons (Fsp3) is 1.00. The highest BCUT2D eigenvalue weighted by atomic mass is 31.1. The fourth-order valence-electron chi connectivity index (χ4n) is 2.09. The van der Waals surface area contributed by atoms with E-state index in [1.54, 1.807) is 8.58 Å². The molecule has 0 unspecified atom stereocenters. The Morgan fingerprint density at radius 3 is 2.00 bits per heavy atom. The molecule has 15 heavy (non-hydrogen) atoms. The largest absolute Gasteiger partial charge is 0.0775 e. The summed E-state index contributed by atoms with van der Waals surface area (Å²) in [5.74, 6) is 0. The van der Waals surface area contributed by atoms with Crippen molar-refractivity contribution in [2.24, 2.45) is 0 Å². The van der Waals surface area contributed by atoms with E-state index in [2.05, 4.69) is 6.92 Å². The second-order valence-corrected chi connectivity index (χ2v) is 6.51. The van der Waals surface area contributed by atoms with Gasteiger partial charge in [-0.3, -0.25) is 0 Å². The molecule has 1 aliphatic carbocycles. The van der Waals surface area contributed by atoms with Gasteiger partial charge in [-0.1, -0.05) is 66.9 Å². The van der Waals surface area contributed by atoms with Crippen molar-refractivity contribution in [1.82, 2.24) is 0 Å². The van der Waals surface area contributed by atoms with Crippen LogP contribution in [0.25, 0.3) is 0 Å². The minimum Gasteiger partial charge on any atom is -0.0775 e. The topological polar surface area (TPSA) is 0 Å². The van der Waals surface area contributed by atoms with Gasteiger partial charge in [0.05, 0.1) is 0 Å². The van der Waals surface area contributed by atoms with Gasteiger partial charge in [0.1, 0.15) is 0 Å². The van der Waals surface area contributed by atoms with E-state index in [9.17, 15) is 0 Å². The van der Waals surface area contributed by atoms with Crippen LogP contribution in [0.4, 0.5) is 0 Å². The first-order valence-electron chi connectivity index (χ1n) is 7.10. The van der Waals surface area contributed by atoms with Gasteiger partial charge in [-0.25, -0.2) is 0 Å². The number of rotatable bonds is 10. The average Bonchev–Trinajstić information content (AvgIpc) is 2.18. The quantitative estimate of drug-likeness (QED) is 0.335. The van der Waals surface area contributed by atoms with Crippen molar-refractivity contribution in [3.8, 4) is 0 Å². The Morgan fingerprint density at radius 2 is 1.47 bits per heavy atom. The smallest absolute Gasteiger partial charge is 0.0170 e. The molecule has 0 amide bonds. The van der Waals surface area contributed by atoms with E-state index in [4.69, 9.17) is 0 Å². The third-order valence-corrected chi connectivity index (χ3v) is 5.08. The van der Waals surface area contributed by atoms with Gasteiger partial charge in [0.2, 0.25) is 0 Å². The Labute approximate surface area is 98.4 Å². The van der Waals surface area contributed by atoms with Gasteiger partial charge in [0.25, 0.3) is 0 Å². The molecule has 0 atom stereocenters. The molecule has 1 heteroatoms. The molecular weight excluding hydrogens is 199 g/mol. The lowest BCUT2D eigenvalue weighted by Crippen LogP contribution is -2.11. The van der Waals surface area contributed by atoms with E-state index < -0.39 is 0 Å². The van der Waals surface area contributed by atoms with Crippen molar-refractivity contribution < 1.29 is 0 Å². The normalized spacial score (nSPS) is 17.4. The summed E-state index contributed by atoms with van der Waals surface area (Å²) in [5.41, 5.74) is 1.11. The summed E-state index contributed by atoms with van der Waals surface area (Å²) in [4.78, 5) is 0. The van der Waals surface area contributed by atoms with Crippen LogP contribution in [0.5, 0.6) is 0 Å². The first kappa shape index (κ1) is 13.5. The van der Waals surface area contributed by atoms with Crippen LogP contribution in [0, 0.1) is 0 Å². The molecule has 1 rings (SSSR count). The molecule has 89 valence electrons. The molecule has 0 bridgehead atoms. The maximum atomic E-state index is 2.29. The van der Waals surface area contributed by atoms with Gasteiger partial charge >= 0.3 is 0 Å². The molecule has 0 aromatic heterocycles. The molecule has 1 aliphatic rings. The molecule has 0 aromatic carbocycles. The Balaban J connectivity index is 1.66. The summed E-state index contributed by atoms with van der Waals surface area (Å²) in [6, 6.07) is 0. The Hall–Kier alpha value is 0.430. The van der Waals surface area contributed by atoms with Gasteiger partial charge in [0.15, 0.2) is 0 Å². The third-order valence-electron chi connectivity index (χ3n) is 3.47. The van der Waals surface area contributed by atoms with Crippen molar-refractivity contribution in [1.29, 1.82) is 0 Å². The van der Waals surface area contributed by atoms with Gasteiger partial charge in [-0.15, -0.1) is 0 Å². The second-order valence-electron chi connectivity index (χ2n) is 4.97. The van der Waals surface area contributed by atoms with Crippen molar-refractivity contribution in [2.45, 2.75) is 83.2 Å². The number of hydrogen-bond donors (Lipinski definition) is 0. The first-order valence-corrected chi connectivity index (χ1v) is 8.25. The summed E-state index contributed by atoms with van der Waals surface area (Å²) < 4.78 is 0. The van der Waals surface area contributed by atoms with E-state index in [0.717, 1.165) is 5.66 Å². The van der Waals surface area contributed by atoms with Crippen molar-refractivity contribution in [2.75, 3.05) is 6.16 Å². The van der Waals surface area contributed by atoms with Gasteiger partial charge in [-0.2, -0.15) is 0 Å². The molecule has 0 N–H and O–H groups in total. The second kappa shape index (κ2) is 9.64. The molecule has 0 nitrogen and oxygen atoms in total. The van der Waals surface area contributed by atoms with Crippen LogP contribution >= 0.6 is 8.58 Å². The predicted molar refractivity (Wildman–Crippen MR) is 72.0 cm³/mol. The lowest BCUT2D eigenvalue weighted by Gasteiger charge is -2.24. The maximum Gasteiger partial charge on any atom is -0.0170 e. The monoisotopic (exact) mass is 227 g/mol. The van der Waals surface area contributed by atoms with Crippen LogP contribution in [-0.2, 0) is 0 Å². The van der Waals surface area contributed by atoms with Crippen LogP contribution in [0.15, 0.2) is 0 Å². The van der Waals surface area contributed by atoms with E-state index in [1.807, 2.05) is 0 Å². The summed E-state index contributed by atoms with van der Waals surface area (Å²) in [5, 5.41) is 0. The molecule has 0 saturated heterocycles. The van der Waals surface area contributed by atoms with Gasteiger partial charge in [-0.05, 0) is 31.1 Å². The Morgan fingerprint density at radius 1 is 0.867 bits per heavy atom. The highest BCUT2D eigenvalue weighted by molar-refractivity contribution is 7.38. The predicted octanol–water partition coefficient (Wildman–Crippen LogP) is 5.63.